The van der Waals surface area contributed by atoms with Gasteiger partial charge >= 0.3 is 12.4 Å². The van der Waals surface area contributed by atoms with E-state index in [-0.39, 0.29) is 11.1 Å². The van der Waals surface area contributed by atoms with Crippen molar-refractivity contribution in [2.24, 2.45) is 0 Å². The first kappa shape index (κ1) is 25.7. The van der Waals surface area contributed by atoms with Crippen molar-refractivity contribution in [2.75, 3.05) is 13.3 Å². The molecule has 0 saturated heterocycles. The highest BCUT2D eigenvalue weighted by molar-refractivity contribution is 5.48. The van der Waals surface area contributed by atoms with Crippen LogP contribution in [0, 0.1) is 13.8 Å². The number of benzene rings is 3. The molecule has 3 aromatic rings. The Labute approximate surface area is 192 Å². The zero-order valence-electron chi connectivity index (χ0n) is 18.4. The Morgan fingerprint density at radius 1 is 0.441 bits per heavy atom. The molecular formula is C26H22F8. The van der Waals surface area contributed by atoms with Gasteiger partial charge < -0.3 is 0 Å². The highest BCUT2D eigenvalue weighted by Gasteiger charge is 2.59. The van der Waals surface area contributed by atoms with E-state index in [4.69, 9.17) is 0 Å². The summed E-state index contributed by atoms with van der Waals surface area (Å²) >= 11 is 0. The molecule has 0 N–H and O–H groups in total. The van der Waals surface area contributed by atoms with Crippen molar-refractivity contribution in [3.8, 4) is 0 Å². The molecule has 34 heavy (non-hydrogen) atoms. The van der Waals surface area contributed by atoms with Gasteiger partial charge in [0.1, 0.15) is 24.2 Å². The first-order valence-electron chi connectivity index (χ1n) is 10.3. The maximum atomic E-state index is 14.3. The van der Waals surface area contributed by atoms with E-state index in [1.807, 2.05) is 0 Å². The average Bonchev–Trinajstić information content (AvgIpc) is 2.77. The molecule has 0 aliphatic carbocycles. The second kappa shape index (κ2) is 9.04. The molecule has 0 heterocycles. The topological polar surface area (TPSA) is 0 Å². The maximum absolute atomic E-state index is 14.3. The minimum atomic E-state index is -5.09. The van der Waals surface area contributed by atoms with Crippen LogP contribution in [0.25, 0.3) is 0 Å². The summed E-state index contributed by atoms with van der Waals surface area (Å²) in [6.45, 7) is -0.404. The molecule has 0 nitrogen and oxygen atoms in total. The quantitative estimate of drug-likeness (QED) is 0.310. The Kier molecular flexibility index (Phi) is 6.84. The summed E-state index contributed by atoms with van der Waals surface area (Å²) in [6, 6.07) is 13.4. The lowest BCUT2D eigenvalue weighted by molar-refractivity contribution is -0.183. The molecule has 0 radical (unpaired) electrons. The van der Waals surface area contributed by atoms with Crippen molar-refractivity contribution in [3.63, 3.8) is 0 Å². The second-order valence-corrected chi connectivity index (χ2v) is 8.38. The minimum Gasteiger partial charge on any atom is -0.249 e. The van der Waals surface area contributed by atoms with Crippen LogP contribution >= 0.6 is 0 Å². The van der Waals surface area contributed by atoms with Gasteiger partial charge in [-0.25, -0.2) is 8.78 Å². The fourth-order valence-electron chi connectivity index (χ4n) is 4.16. The van der Waals surface area contributed by atoms with Gasteiger partial charge in [0.05, 0.1) is 0 Å². The van der Waals surface area contributed by atoms with Gasteiger partial charge in [-0.1, -0.05) is 83.9 Å². The number of halogens is 8. The average molecular weight is 486 g/mol. The lowest BCUT2D eigenvalue weighted by Gasteiger charge is -2.37. The molecule has 0 aromatic heterocycles. The summed E-state index contributed by atoms with van der Waals surface area (Å²) in [7, 11) is 0. The molecule has 2 atom stereocenters. The molecule has 182 valence electrons. The Balaban J connectivity index is 2.22. The lowest BCUT2D eigenvalue weighted by Crippen LogP contribution is -2.47. The van der Waals surface area contributed by atoms with Gasteiger partial charge in [0.2, 0.25) is 0 Å². The van der Waals surface area contributed by atoms with Gasteiger partial charge in [-0.15, -0.1) is 0 Å². The van der Waals surface area contributed by atoms with Crippen molar-refractivity contribution >= 4 is 0 Å². The normalized spacial score (nSPS) is 16.1. The summed E-state index contributed by atoms with van der Waals surface area (Å²) in [6.07, 6.45) is -10.2. The summed E-state index contributed by atoms with van der Waals surface area (Å²) in [5.74, 6) is 0. The van der Waals surface area contributed by atoms with Crippen LogP contribution in [0.4, 0.5) is 35.1 Å². The van der Waals surface area contributed by atoms with Crippen molar-refractivity contribution < 1.29 is 35.1 Å². The molecule has 0 fully saturated rings. The number of hydrogen-bond donors (Lipinski definition) is 0. The van der Waals surface area contributed by atoms with Crippen LogP contribution in [-0.4, -0.2) is 25.7 Å². The highest BCUT2D eigenvalue weighted by Crippen LogP contribution is 2.50. The van der Waals surface area contributed by atoms with Gasteiger partial charge in [0, 0.05) is 0 Å². The maximum Gasteiger partial charge on any atom is 0.404 e. The molecular weight excluding hydrogens is 464 g/mol. The number of aryl methyl sites for hydroxylation is 2. The van der Waals surface area contributed by atoms with Crippen LogP contribution in [0.5, 0.6) is 0 Å². The van der Waals surface area contributed by atoms with Crippen molar-refractivity contribution in [1.82, 2.24) is 0 Å². The Morgan fingerprint density at radius 2 is 0.647 bits per heavy atom. The van der Waals surface area contributed by atoms with E-state index in [1.165, 1.54) is 24.3 Å². The molecule has 0 bridgehead atoms. The van der Waals surface area contributed by atoms with Gasteiger partial charge in [0.15, 0.2) is 0 Å². The van der Waals surface area contributed by atoms with E-state index in [9.17, 15) is 35.1 Å². The summed E-state index contributed by atoms with van der Waals surface area (Å²) in [4.78, 5) is 0. The summed E-state index contributed by atoms with van der Waals surface area (Å²) in [5.41, 5.74) is -6.77. The van der Waals surface area contributed by atoms with Crippen LogP contribution in [0.3, 0.4) is 0 Å². The zero-order valence-corrected chi connectivity index (χ0v) is 18.4. The van der Waals surface area contributed by atoms with E-state index < -0.39 is 47.7 Å². The smallest absolute Gasteiger partial charge is 0.249 e. The van der Waals surface area contributed by atoms with Crippen molar-refractivity contribution in [3.05, 3.63) is 106 Å². The molecule has 8 heteroatoms. The standard InChI is InChI=1S/C26H22F8/c1-17-3-7-19(8-4-17)23(15-27,25(29,30)31)21-11-13-22(14-12-21)24(16-28,26(32,33)34)20-9-5-18(2)6-10-20/h3-14H,15-16H2,1-2H3. The van der Waals surface area contributed by atoms with Crippen LogP contribution in [-0.2, 0) is 10.8 Å². The van der Waals surface area contributed by atoms with Gasteiger partial charge in [0.25, 0.3) is 0 Å². The van der Waals surface area contributed by atoms with E-state index in [1.54, 1.807) is 13.8 Å². The number of rotatable bonds is 6. The van der Waals surface area contributed by atoms with E-state index in [0.29, 0.717) is 11.1 Å². The van der Waals surface area contributed by atoms with Gasteiger partial charge in [-0.3, -0.25) is 0 Å². The molecule has 2 unspecified atom stereocenters. The summed E-state index contributed by atoms with van der Waals surface area (Å²) < 4.78 is 114. The zero-order chi connectivity index (χ0) is 25.4. The molecule has 0 amide bonds. The minimum absolute atomic E-state index is 0.382. The third kappa shape index (κ3) is 4.07. The molecule has 0 saturated carbocycles. The summed E-state index contributed by atoms with van der Waals surface area (Å²) in [5, 5.41) is 0. The van der Waals surface area contributed by atoms with Gasteiger partial charge in [-0.2, -0.15) is 26.3 Å². The van der Waals surface area contributed by atoms with Crippen LogP contribution < -0.4 is 0 Å². The molecule has 3 rings (SSSR count). The van der Waals surface area contributed by atoms with Crippen molar-refractivity contribution in [1.29, 1.82) is 0 Å². The lowest BCUT2D eigenvalue weighted by atomic mass is 9.71. The van der Waals surface area contributed by atoms with Crippen LogP contribution in [0.2, 0.25) is 0 Å². The van der Waals surface area contributed by atoms with E-state index in [2.05, 4.69) is 0 Å². The monoisotopic (exact) mass is 486 g/mol. The third-order valence-corrected chi connectivity index (χ3v) is 6.33. The first-order chi connectivity index (χ1) is 15.8. The predicted molar refractivity (Wildman–Crippen MR) is 114 cm³/mol. The molecule has 0 aliphatic rings. The Morgan fingerprint density at radius 3 is 0.824 bits per heavy atom. The van der Waals surface area contributed by atoms with E-state index in [0.717, 1.165) is 48.5 Å². The fraction of sp³-hybridized carbons (Fsp3) is 0.308. The molecule has 0 spiro atoms. The second-order valence-electron chi connectivity index (χ2n) is 8.38. The number of alkyl halides is 8. The fourth-order valence-corrected chi connectivity index (χ4v) is 4.16. The Hall–Kier alpha value is -2.90. The van der Waals surface area contributed by atoms with Crippen molar-refractivity contribution in [2.45, 2.75) is 37.0 Å². The SMILES string of the molecule is Cc1ccc(C(CF)(c2ccc(C(CF)(c3ccc(C)cc3)C(F)(F)F)cc2)C(F)(F)F)cc1. The molecule has 3 aromatic carbocycles. The predicted octanol–water partition coefficient (Wildman–Crippen LogP) is 7.94. The molecule has 0 aliphatic heterocycles. The third-order valence-electron chi connectivity index (χ3n) is 6.33. The van der Waals surface area contributed by atoms with Crippen LogP contribution in [0.15, 0.2) is 72.8 Å². The van der Waals surface area contributed by atoms with Gasteiger partial charge in [-0.05, 0) is 36.1 Å². The van der Waals surface area contributed by atoms with Crippen LogP contribution in [0.1, 0.15) is 33.4 Å². The number of hydrogen-bond acceptors (Lipinski definition) is 0. The van der Waals surface area contributed by atoms with E-state index >= 15 is 0 Å². The first-order valence-corrected chi connectivity index (χ1v) is 10.3. The highest BCUT2D eigenvalue weighted by atomic mass is 19.4. The largest absolute Gasteiger partial charge is 0.404 e. The Bertz CT molecular complexity index is 1010.